The Balaban J connectivity index is 1.56. The molecule has 0 aliphatic carbocycles. The Morgan fingerprint density at radius 2 is 1.82 bits per heavy atom. The Morgan fingerprint density at radius 1 is 1.18 bits per heavy atom. The molecule has 33 heavy (non-hydrogen) atoms. The summed E-state index contributed by atoms with van der Waals surface area (Å²) in [4.78, 5) is 18.0. The topological polar surface area (TPSA) is 135 Å². The van der Waals surface area contributed by atoms with Gasteiger partial charge in [-0.2, -0.15) is 0 Å². The van der Waals surface area contributed by atoms with Crippen molar-refractivity contribution < 1.29 is 27.7 Å². The number of nitrogens with one attached hydrogen (secondary N) is 1. The number of hydrogen-bond donors (Lipinski definition) is 2. The largest absolute Gasteiger partial charge is 0.457 e. The third-order valence-electron chi connectivity index (χ3n) is 4.33. The smallest absolute Gasteiger partial charge is 0.263 e. The van der Waals surface area contributed by atoms with Gasteiger partial charge in [0.05, 0.1) is 10.6 Å². The van der Waals surface area contributed by atoms with E-state index in [-0.39, 0.29) is 16.5 Å². The lowest BCUT2D eigenvalue weighted by molar-refractivity contribution is -0.172. The van der Waals surface area contributed by atoms with Crippen molar-refractivity contribution in [1.82, 2.24) is 20.1 Å². The minimum absolute atomic E-state index is 0.000722. The highest BCUT2D eigenvalue weighted by Gasteiger charge is 2.28. The molecule has 0 saturated carbocycles. The summed E-state index contributed by atoms with van der Waals surface area (Å²) < 4.78 is 35.1. The summed E-state index contributed by atoms with van der Waals surface area (Å²) in [5, 5.41) is 13.9. The highest BCUT2D eigenvalue weighted by Crippen LogP contribution is 2.31. The van der Waals surface area contributed by atoms with Gasteiger partial charge >= 0.3 is 0 Å². The number of ether oxygens (including phenoxy) is 1. The van der Waals surface area contributed by atoms with Crippen molar-refractivity contribution >= 4 is 27.7 Å². The number of aromatic nitrogens is 2. The SMILES string of the molecule is Cc1cc(CSC(C)(C)CC(=O)N(O)NS(=O)(=O)c2ccc(Oc3ccncc3)cc2)no1. The van der Waals surface area contributed by atoms with Gasteiger partial charge in [0.2, 0.25) is 0 Å². The maximum atomic E-state index is 12.6. The molecule has 1 aromatic carbocycles. The number of hydrogen-bond acceptors (Lipinski definition) is 9. The fourth-order valence-electron chi connectivity index (χ4n) is 2.69. The molecular formula is C21H24N4O6S2. The number of carbonyl (C=O) groups is 1. The summed E-state index contributed by atoms with van der Waals surface area (Å²) in [5.41, 5.74) is 0.732. The second kappa shape index (κ2) is 10.3. The Hall–Kier alpha value is -2.93. The molecular weight excluding hydrogens is 468 g/mol. The fourth-order valence-corrected chi connectivity index (χ4v) is 4.52. The normalized spacial score (nSPS) is 11.9. The molecule has 0 spiro atoms. The van der Waals surface area contributed by atoms with Crippen LogP contribution in [0.1, 0.15) is 31.7 Å². The van der Waals surface area contributed by atoms with Gasteiger partial charge in [0, 0.05) is 35.4 Å². The van der Waals surface area contributed by atoms with Crippen LogP contribution in [0, 0.1) is 6.92 Å². The van der Waals surface area contributed by atoms with E-state index in [9.17, 15) is 18.4 Å². The van der Waals surface area contributed by atoms with Gasteiger partial charge in [-0.15, -0.1) is 16.9 Å². The molecule has 2 N–H and O–H groups in total. The summed E-state index contributed by atoms with van der Waals surface area (Å²) in [6, 6.07) is 10.6. The van der Waals surface area contributed by atoms with Crippen molar-refractivity contribution in [3.8, 4) is 11.5 Å². The molecule has 0 saturated heterocycles. The molecule has 1 amide bonds. The van der Waals surface area contributed by atoms with Crippen molar-refractivity contribution in [3.05, 3.63) is 66.3 Å². The third-order valence-corrected chi connectivity index (χ3v) is 7.00. The molecule has 0 fully saturated rings. The van der Waals surface area contributed by atoms with E-state index in [1.165, 1.54) is 36.0 Å². The Kier molecular flexibility index (Phi) is 7.74. The van der Waals surface area contributed by atoms with Gasteiger partial charge in [0.1, 0.15) is 17.3 Å². The Labute approximate surface area is 195 Å². The van der Waals surface area contributed by atoms with Crippen LogP contribution in [-0.2, 0) is 20.6 Å². The maximum absolute atomic E-state index is 12.6. The lowest BCUT2D eigenvalue weighted by atomic mass is 10.1. The van der Waals surface area contributed by atoms with Crippen LogP contribution in [-0.4, -0.2) is 39.6 Å². The summed E-state index contributed by atoms with van der Waals surface area (Å²) in [6.07, 6.45) is 3.02. The first-order valence-corrected chi connectivity index (χ1v) is 12.3. The van der Waals surface area contributed by atoms with Gasteiger partial charge < -0.3 is 9.26 Å². The van der Waals surface area contributed by atoms with E-state index in [0.717, 1.165) is 5.69 Å². The lowest BCUT2D eigenvalue weighted by Gasteiger charge is -2.25. The number of hydroxylamine groups is 1. The Morgan fingerprint density at radius 3 is 2.42 bits per heavy atom. The van der Waals surface area contributed by atoms with E-state index in [1.807, 2.05) is 18.7 Å². The number of sulfonamides is 1. The summed E-state index contributed by atoms with van der Waals surface area (Å²) >= 11 is 1.43. The summed E-state index contributed by atoms with van der Waals surface area (Å²) in [6.45, 7) is 5.41. The van der Waals surface area contributed by atoms with Crippen LogP contribution >= 0.6 is 11.8 Å². The first-order valence-electron chi connectivity index (χ1n) is 9.82. The molecule has 176 valence electrons. The molecule has 2 heterocycles. The predicted molar refractivity (Wildman–Crippen MR) is 121 cm³/mol. The zero-order chi connectivity index (χ0) is 24.1. The monoisotopic (exact) mass is 492 g/mol. The molecule has 10 nitrogen and oxygen atoms in total. The number of hydrazine groups is 1. The number of benzene rings is 1. The van der Waals surface area contributed by atoms with E-state index in [0.29, 0.717) is 23.0 Å². The van der Waals surface area contributed by atoms with E-state index in [1.54, 1.807) is 37.5 Å². The van der Waals surface area contributed by atoms with Gasteiger partial charge in [0.25, 0.3) is 15.9 Å². The van der Waals surface area contributed by atoms with Crippen LogP contribution in [0.2, 0.25) is 0 Å². The molecule has 0 atom stereocenters. The van der Waals surface area contributed by atoms with Crippen molar-refractivity contribution in [2.75, 3.05) is 0 Å². The second-order valence-electron chi connectivity index (χ2n) is 7.71. The summed E-state index contributed by atoms with van der Waals surface area (Å²) in [5.74, 6) is 1.35. The zero-order valence-electron chi connectivity index (χ0n) is 18.3. The van der Waals surface area contributed by atoms with Crippen molar-refractivity contribution in [2.24, 2.45) is 0 Å². The predicted octanol–water partition coefficient (Wildman–Crippen LogP) is 3.68. The number of nitrogens with zero attached hydrogens (tertiary/aromatic N) is 3. The highest BCUT2D eigenvalue weighted by molar-refractivity contribution is 7.99. The van der Waals surface area contributed by atoms with E-state index in [2.05, 4.69) is 10.1 Å². The minimum atomic E-state index is -4.19. The quantitative estimate of drug-likeness (QED) is 0.321. The molecule has 3 aromatic rings. The fraction of sp³-hybridized carbons (Fsp3) is 0.286. The minimum Gasteiger partial charge on any atom is -0.457 e. The second-order valence-corrected chi connectivity index (χ2v) is 11.1. The number of aryl methyl sites for hydroxylation is 1. The van der Waals surface area contributed by atoms with Crippen LogP contribution in [0.25, 0.3) is 0 Å². The summed E-state index contributed by atoms with van der Waals surface area (Å²) in [7, 11) is -4.19. The van der Waals surface area contributed by atoms with Crippen molar-refractivity contribution in [2.45, 2.75) is 42.6 Å². The molecule has 2 aromatic heterocycles. The maximum Gasteiger partial charge on any atom is 0.263 e. The van der Waals surface area contributed by atoms with Crippen molar-refractivity contribution in [1.29, 1.82) is 0 Å². The third kappa shape index (κ3) is 7.29. The van der Waals surface area contributed by atoms with Crippen LogP contribution in [0.3, 0.4) is 0 Å². The van der Waals surface area contributed by atoms with Crippen LogP contribution in [0.5, 0.6) is 11.5 Å². The van der Waals surface area contributed by atoms with Crippen LogP contribution in [0.4, 0.5) is 0 Å². The van der Waals surface area contributed by atoms with Gasteiger partial charge in [-0.1, -0.05) is 23.8 Å². The number of rotatable bonds is 10. The van der Waals surface area contributed by atoms with Crippen LogP contribution in [0.15, 0.2) is 64.3 Å². The number of pyridine rings is 1. The molecule has 0 aliphatic heterocycles. The van der Waals surface area contributed by atoms with Gasteiger partial charge in [0.15, 0.2) is 0 Å². The van der Waals surface area contributed by atoms with Gasteiger partial charge in [-0.05, 0) is 43.3 Å². The molecule has 3 rings (SSSR count). The van der Waals surface area contributed by atoms with E-state index < -0.39 is 20.7 Å². The average molecular weight is 493 g/mol. The van der Waals surface area contributed by atoms with Crippen molar-refractivity contribution in [3.63, 3.8) is 0 Å². The average Bonchev–Trinajstić information content (AvgIpc) is 3.18. The standard InChI is InChI=1S/C21H24N4O6S2/c1-15-12-16(23-31-15)14-32-21(2,3)13-20(26)25(27)24-33(28,29)19-6-4-17(5-7-19)30-18-8-10-22-11-9-18/h4-12,24,27H,13-14H2,1-3H3. The molecule has 0 radical (unpaired) electrons. The molecule has 12 heteroatoms. The number of thioether (sulfide) groups is 1. The highest BCUT2D eigenvalue weighted by atomic mass is 32.2. The van der Waals surface area contributed by atoms with Gasteiger partial charge in [-0.3, -0.25) is 15.0 Å². The lowest BCUT2D eigenvalue weighted by Crippen LogP contribution is -2.45. The van der Waals surface area contributed by atoms with E-state index >= 15 is 0 Å². The molecule has 0 bridgehead atoms. The van der Waals surface area contributed by atoms with E-state index in [4.69, 9.17) is 9.26 Å². The first kappa shape index (κ1) is 24.7. The zero-order valence-corrected chi connectivity index (χ0v) is 19.9. The first-order chi connectivity index (χ1) is 15.5. The number of carbonyl (C=O) groups excluding carboxylic acids is 1. The molecule has 0 aliphatic rings. The van der Waals surface area contributed by atoms with Crippen LogP contribution < -0.4 is 9.57 Å². The number of amides is 1. The molecule has 0 unspecified atom stereocenters. The Bertz CT molecular complexity index is 1180. The van der Waals surface area contributed by atoms with Gasteiger partial charge in [-0.25, -0.2) is 8.42 Å².